The van der Waals surface area contributed by atoms with Crippen LogP contribution in [0.15, 0.2) is 12.3 Å². The number of benzene rings is 1. The molecular weight excluding hydrogens is 254 g/mol. The van der Waals surface area contributed by atoms with Crippen LogP contribution < -0.4 is 5.73 Å². The Balaban J connectivity index is 2.38. The summed E-state index contributed by atoms with van der Waals surface area (Å²) in [5, 5.41) is 7.10. The number of aryl methyl sites for hydroxylation is 1. The van der Waals surface area contributed by atoms with Crippen molar-refractivity contribution in [3.8, 4) is 0 Å². The van der Waals surface area contributed by atoms with Gasteiger partial charge < -0.3 is 5.73 Å². The molecule has 2 N–H and O–H groups in total. The number of primary amides is 1. The molecule has 1 amide bonds. The number of rotatable bonds is 3. The van der Waals surface area contributed by atoms with Crippen LogP contribution in [-0.2, 0) is 6.54 Å². The Kier molecular flexibility index (Phi) is 3.28. The van der Waals surface area contributed by atoms with Crippen molar-refractivity contribution < 1.29 is 13.6 Å². The maximum atomic E-state index is 14.0. The zero-order chi connectivity index (χ0) is 14.2. The van der Waals surface area contributed by atoms with Crippen molar-refractivity contribution >= 4 is 5.91 Å². The van der Waals surface area contributed by atoms with Gasteiger partial charge in [0.15, 0.2) is 5.69 Å². The predicted octanol–water partition coefficient (Wildman–Crippen LogP) is 1.32. The molecule has 1 heterocycles. The zero-order valence-corrected chi connectivity index (χ0v) is 10.4. The maximum absolute atomic E-state index is 14.0. The molecule has 0 radical (unpaired) electrons. The van der Waals surface area contributed by atoms with Crippen molar-refractivity contribution in [3.05, 3.63) is 46.3 Å². The van der Waals surface area contributed by atoms with Crippen LogP contribution in [0.25, 0.3) is 0 Å². The first kappa shape index (κ1) is 13.1. The largest absolute Gasteiger partial charge is 0.364 e. The minimum Gasteiger partial charge on any atom is -0.364 e. The summed E-state index contributed by atoms with van der Waals surface area (Å²) in [6.45, 7) is 3.05. The number of amides is 1. The highest BCUT2D eigenvalue weighted by atomic mass is 19.1. The lowest BCUT2D eigenvalue weighted by molar-refractivity contribution is 0.0995. The second-order valence-corrected chi connectivity index (χ2v) is 4.26. The molecule has 0 saturated carbocycles. The first-order chi connectivity index (χ1) is 8.90. The molecule has 0 spiro atoms. The van der Waals surface area contributed by atoms with Crippen molar-refractivity contribution in [2.75, 3.05) is 0 Å². The Morgan fingerprint density at radius 2 is 2.11 bits per heavy atom. The van der Waals surface area contributed by atoms with Gasteiger partial charge in [0.25, 0.3) is 5.91 Å². The molecule has 0 aliphatic heterocycles. The molecule has 0 saturated heterocycles. The maximum Gasteiger partial charge on any atom is 0.270 e. The van der Waals surface area contributed by atoms with Gasteiger partial charge in [-0.15, -0.1) is 5.10 Å². The van der Waals surface area contributed by atoms with Crippen LogP contribution in [0.4, 0.5) is 8.78 Å². The molecule has 0 unspecified atom stereocenters. The molecular formula is C12H12F2N4O. The second-order valence-electron chi connectivity index (χ2n) is 4.26. The van der Waals surface area contributed by atoms with Gasteiger partial charge in [0.1, 0.15) is 11.6 Å². The lowest BCUT2D eigenvalue weighted by Gasteiger charge is -2.09. The fraction of sp³-hybridized carbons (Fsp3) is 0.250. The lowest BCUT2D eigenvalue weighted by atomic mass is 10.0. The van der Waals surface area contributed by atoms with Crippen molar-refractivity contribution in [2.45, 2.75) is 20.4 Å². The lowest BCUT2D eigenvalue weighted by Crippen LogP contribution is -2.11. The van der Waals surface area contributed by atoms with E-state index >= 15 is 0 Å². The van der Waals surface area contributed by atoms with Crippen molar-refractivity contribution in [3.63, 3.8) is 0 Å². The first-order valence-corrected chi connectivity index (χ1v) is 5.54. The number of hydrogen-bond acceptors (Lipinski definition) is 3. The van der Waals surface area contributed by atoms with E-state index in [0.29, 0.717) is 11.1 Å². The summed E-state index contributed by atoms with van der Waals surface area (Å²) in [6, 6.07) is 1.26. The summed E-state index contributed by atoms with van der Waals surface area (Å²) in [7, 11) is 0. The Bertz CT molecular complexity index is 651. The molecule has 100 valence electrons. The number of nitrogens with two attached hydrogens (primary N) is 1. The molecule has 5 nitrogen and oxygen atoms in total. The van der Waals surface area contributed by atoms with Crippen LogP contribution in [-0.4, -0.2) is 20.9 Å². The summed E-state index contributed by atoms with van der Waals surface area (Å²) in [4.78, 5) is 10.9. The number of carbonyl (C=O) groups is 1. The summed E-state index contributed by atoms with van der Waals surface area (Å²) >= 11 is 0. The molecule has 0 aliphatic carbocycles. The average molecular weight is 266 g/mol. The van der Waals surface area contributed by atoms with Crippen LogP contribution in [0.3, 0.4) is 0 Å². The third kappa shape index (κ3) is 2.44. The molecule has 19 heavy (non-hydrogen) atoms. The highest BCUT2D eigenvalue weighted by Crippen LogP contribution is 2.20. The number of aromatic nitrogens is 3. The SMILES string of the molecule is Cc1cc(F)c(Cn2cc(C(N)=O)nn2)c(F)c1C. The van der Waals surface area contributed by atoms with Crippen LogP contribution in [0, 0.1) is 25.5 Å². The van der Waals surface area contributed by atoms with E-state index in [1.165, 1.54) is 12.3 Å². The van der Waals surface area contributed by atoms with E-state index in [0.717, 1.165) is 4.68 Å². The van der Waals surface area contributed by atoms with Crippen molar-refractivity contribution in [1.82, 2.24) is 15.0 Å². The molecule has 2 rings (SSSR count). The smallest absolute Gasteiger partial charge is 0.270 e. The topological polar surface area (TPSA) is 73.8 Å². The Hall–Kier alpha value is -2.31. The number of carbonyl (C=O) groups excluding carboxylic acids is 1. The van der Waals surface area contributed by atoms with Gasteiger partial charge in [0, 0.05) is 5.56 Å². The predicted molar refractivity (Wildman–Crippen MR) is 63.5 cm³/mol. The van der Waals surface area contributed by atoms with Gasteiger partial charge in [-0.1, -0.05) is 5.21 Å². The van der Waals surface area contributed by atoms with Gasteiger partial charge >= 0.3 is 0 Å². The van der Waals surface area contributed by atoms with E-state index in [2.05, 4.69) is 10.3 Å². The number of halogens is 2. The summed E-state index contributed by atoms with van der Waals surface area (Å²) in [5.74, 6) is -2.02. The third-order valence-electron chi connectivity index (χ3n) is 2.93. The van der Waals surface area contributed by atoms with E-state index in [1.54, 1.807) is 13.8 Å². The highest BCUT2D eigenvalue weighted by Gasteiger charge is 2.16. The molecule has 0 aliphatic rings. The molecule has 1 aromatic carbocycles. The Morgan fingerprint density at radius 1 is 1.42 bits per heavy atom. The van der Waals surface area contributed by atoms with E-state index in [-0.39, 0.29) is 17.8 Å². The summed E-state index contributed by atoms with van der Waals surface area (Å²) < 4.78 is 28.9. The van der Waals surface area contributed by atoms with Gasteiger partial charge in [0.05, 0.1) is 12.7 Å². The quantitative estimate of drug-likeness (QED) is 0.910. The molecule has 7 heteroatoms. The Morgan fingerprint density at radius 3 is 2.68 bits per heavy atom. The molecule has 2 aromatic rings. The molecule has 1 aromatic heterocycles. The monoisotopic (exact) mass is 266 g/mol. The van der Waals surface area contributed by atoms with E-state index in [9.17, 15) is 13.6 Å². The fourth-order valence-corrected chi connectivity index (χ4v) is 1.69. The van der Waals surface area contributed by atoms with E-state index in [1.807, 2.05) is 0 Å². The second kappa shape index (κ2) is 4.75. The highest BCUT2D eigenvalue weighted by molar-refractivity contribution is 5.90. The summed E-state index contributed by atoms with van der Waals surface area (Å²) in [6.07, 6.45) is 1.25. The van der Waals surface area contributed by atoms with Crippen molar-refractivity contribution in [1.29, 1.82) is 0 Å². The van der Waals surface area contributed by atoms with Crippen molar-refractivity contribution in [2.24, 2.45) is 5.73 Å². The standard InChI is InChI=1S/C12H12F2N4O/c1-6-3-9(13)8(11(14)7(6)2)4-18-5-10(12(15)19)16-17-18/h3,5H,4H2,1-2H3,(H2,15,19). The minimum atomic E-state index is -0.743. The third-order valence-corrected chi connectivity index (χ3v) is 2.93. The molecule has 0 fully saturated rings. The van der Waals surface area contributed by atoms with Gasteiger partial charge in [0.2, 0.25) is 0 Å². The van der Waals surface area contributed by atoms with Gasteiger partial charge in [-0.2, -0.15) is 0 Å². The molecule has 0 bridgehead atoms. The van der Waals surface area contributed by atoms with E-state index < -0.39 is 17.5 Å². The van der Waals surface area contributed by atoms with Gasteiger partial charge in [-0.05, 0) is 31.0 Å². The molecule has 0 atom stereocenters. The zero-order valence-electron chi connectivity index (χ0n) is 10.4. The normalized spacial score (nSPS) is 10.7. The fourth-order valence-electron chi connectivity index (χ4n) is 1.69. The minimum absolute atomic E-state index is 0.0513. The van der Waals surface area contributed by atoms with E-state index in [4.69, 9.17) is 5.73 Å². The number of hydrogen-bond donors (Lipinski definition) is 1. The van der Waals surface area contributed by atoms with Crippen LogP contribution in [0.1, 0.15) is 27.2 Å². The van der Waals surface area contributed by atoms with Crippen LogP contribution >= 0.6 is 0 Å². The average Bonchev–Trinajstić information content (AvgIpc) is 2.81. The van der Waals surface area contributed by atoms with Gasteiger partial charge in [-0.3, -0.25) is 4.79 Å². The van der Waals surface area contributed by atoms with Crippen LogP contribution in [0.5, 0.6) is 0 Å². The Labute approximate surface area is 108 Å². The summed E-state index contributed by atoms with van der Waals surface area (Å²) in [5.41, 5.74) is 5.77. The van der Waals surface area contributed by atoms with Crippen LogP contribution in [0.2, 0.25) is 0 Å². The number of nitrogens with zero attached hydrogens (tertiary/aromatic N) is 3. The van der Waals surface area contributed by atoms with Gasteiger partial charge in [-0.25, -0.2) is 13.5 Å². The first-order valence-electron chi connectivity index (χ1n) is 5.54.